The second kappa shape index (κ2) is 5.56. The summed E-state index contributed by atoms with van der Waals surface area (Å²) >= 11 is 1.70. The van der Waals surface area contributed by atoms with Crippen molar-refractivity contribution in [3.05, 3.63) is 16.1 Å². The van der Waals surface area contributed by atoms with Gasteiger partial charge in [-0.05, 0) is 6.92 Å². The Morgan fingerprint density at radius 2 is 2.21 bits per heavy atom. The summed E-state index contributed by atoms with van der Waals surface area (Å²) < 4.78 is 5.04. The molecule has 0 bridgehead atoms. The van der Waals surface area contributed by atoms with E-state index in [2.05, 4.69) is 20.2 Å². The predicted molar refractivity (Wildman–Crippen MR) is 73.1 cm³/mol. The molecule has 0 aliphatic carbocycles. The van der Waals surface area contributed by atoms with E-state index >= 15 is 0 Å². The number of hydrogen-bond acceptors (Lipinski definition) is 6. The van der Waals surface area contributed by atoms with Crippen molar-refractivity contribution in [1.29, 1.82) is 0 Å². The van der Waals surface area contributed by atoms with Crippen molar-refractivity contribution in [1.82, 2.24) is 14.8 Å². The molecule has 1 aromatic rings. The van der Waals surface area contributed by atoms with Crippen LogP contribution in [0.5, 0.6) is 0 Å². The molecule has 2 aliphatic heterocycles. The van der Waals surface area contributed by atoms with Gasteiger partial charge in [0.2, 0.25) is 0 Å². The molecule has 1 atom stereocenters. The van der Waals surface area contributed by atoms with Crippen LogP contribution in [0.3, 0.4) is 0 Å². The van der Waals surface area contributed by atoms with Gasteiger partial charge in [-0.3, -0.25) is 14.6 Å². The first kappa shape index (κ1) is 13.0. The first-order valence-corrected chi connectivity index (χ1v) is 7.64. The lowest BCUT2D eigenvalue weighted by Crippen LogP contribution is -2.51. The van der Waals surface area contributed by atoms with Crippen LogP contribution in [0.1, 0.15) is 17.1 Å². The molecule has 0 radical (unpaired) electrons. The standard InChI is InChI=1S/C13H19N3O2S/c1-10-14-11(9-19-10)8-15-3-5-16(6-4-15)12-2-7-18-13(12)17/h9,12H,2-8H2,1H3. The Balaban J connectivity index is 1.50. The molecule has 1 aromatic heterocycles. The Hall–Kier alpha value is -0.980. The predicted octanol–water partition coefficient (Wildman–Crippen LogP) is 0.885. The lowest BCUT2D eigenvalue weighted by molar-refractivity contribution is -0.142. The first-order chi connectivity index (χ1) is 9.22. The third-order valence-electron chi connectivity index (χ3n) is 3.81. The molecule has 2 aliphatic rings. The van der Waals surface area contributed by atoms with Gasteiger partial charge in [-0.1, -0.05) is 0 Å². The van der Waals surface area contributed by atoms with Crippen LogP contribution in [0.2, 0.25) is 0 Å². The van der Waals surface area contributed by atoms with Gasteiger partial charge in [0, 0.05) is 44.5 Å². The number of carbonyl (C=O) groups is 1. The van der Waals surface area contributed by atoms with Crippen LogP contribution in [0.4, 0.5) is 0 Å². The Labute approximate surface area is 117 Å². The zero-order valence-corrected chi connectivity index (χ0v) is 12.0. The highest BCUT2D eigenvalue weighted by atomic mass is 32.1. The molecule has 5 nitrogen and oxygen atoms in total. The monoisotopic (exact) mass is 281 g/mol. The molecular formula is C13H19N3O2S. The zero-order chi connectivity index (χ0) is 13.2. The lowest BCUT2D eigenvalue weighted by Gasteiger charge is -2.36. The fourth-order valence-corrected chi connectivity index (χ4v) is 3.36. The van der Waals surface area contributed by atoms with Crippen LogP contribution in [0.25, 0.3) is 0 Å². The van der Waals surface area contributed by atoms with Crippen molar-refractivity contribution >= 4 is 17.3 Å². The number of aryl methyl sites for hydroxylation is 1. The molecule has 0 N–H and O–H groups in total. The van der Waals surface area contributed by atoms with Crippen molar-refractivity contribution in [3.63, 3.8) is 0 Å². The van der Waals surface area contributed by atoms with Gasteiger partial charge in [0.1, 0.15) is 6.04 Å². The average molecular weight is 281 g/mol. The summed E-state index contributed by atoms with van der Waals surface area (Å²) in [4.78, 5) is 20.7. The maximum Gasteiger partial charge on any atom is 0.323 e. The summed E-state index contributed by atoms with van der Waals surface area (Å²) in [7, 11) is 0. The van der Waals surface area contributed by atoms with E-state index in [0.29, 0.717) is 6.61 Å². The highest BCUT2D eigenvalue weighted by Crippen LogP contribution is 2.17. The number of esters is 1. The molecule has 2 fully saturated rings. The van der Waals surface area contributed by atoms with E-state index in [9.17, 15) is 4.79 Å². The largest absolute Gasteiger partial charge is 0.464 e. The quantitative estimate of drug-likeness (QED) is 0.770. The van der Waals surface area contributed by atoms with Crippen molar-refractivity contribution in [2.24, 2.45) is 0 Å². The number of cyclic esters (lactones) is 1. The Bertz CT molecular complexity index is 454. The molecule has 1 unspecified atom stereocenters. The van der Waals surface area contributed by atoms with Crippen molar-refractivity contribution in [2.75, 3.05) is 32.8 Å². The Morgan fingerprint density at radius 3 is 2.79 bits per heavy atom. The van der Waals surface area contributed by atoms with Gasteiger partial charge in [-0.25, -0.2) is 4.98 Å². The maximum atomic E-state index is 11.6. The Morgan fingerprint density at radius 1 is 1.42 bits per heavy atom. The van der Waals surface area contributed by atoms with Crippen molar-refractivity contribution < 1.29 is 9.53 Å². The molecule has 6 heteroatoms. The van der Waals surface area contributed by atoms with Gasteiger partial charge in [-0.15, -0.1) is 11.3 Å². The van der Waals surface area contributed by atoms with Gasteiger partial charge >= 0.3 is 5.97 Å². The highest BCUT2D eigenvalue weighted by Gasteiger charge is 2.33. The molecule has 0 aromatic carbocycles. The molecule has 2 saturated heterocycles. The number of rotatable bonds is 3. The van der Waals surface area contributed by atoms with E-state index in [4.69, 9.17) is 4.74 Å². The van der Waals surface area contributed by atoms with Crippen LogP contribution in [-0.2, 0) is 16.1 Å². The fourth-order valence-electron chi connectivity index (χ4n) is 2.76. The number of carbonyl (C=O) groups excluding carboxylic acids is 1. The second-order valence-electron chi connectivity index (χ2n) is 5.14. The number of nitrogens with zero attached hydrogens (tertiary/aromatic N) is 3. The molecule has 0 saturated carbocycles. The number of aromatic nitrogens is 1. The molecule has 19 heavy (non-hydrogen) atoms. The molecular weight excluding hydrogens is 262 g/mol. The topological polar surface area (TPSA) is 45.7 Å². The van der Waals surface area contributed by atoms with Gasteiger partial charge in [-0.2, -0.15) is 0 Å². The van der Waals surface area contributed by atoms with Crippen molar-refractivity contribution in [3.8, 4) is 0 Å². The second-order valence-corrected chi connectivity index (χ2v) is 6.20. The molecule has 0 spiro atoms. The van der Waals surface area contributed by atoms with Crippen LogP contribution in [-0.4, -0.2) is 59.6 Å². The molecule has 3 heterocycles. The molecule has 3 rings (SSSR count). The highest BCUT2D eigenvalue weighted by molar-refractivity contribution is 7.09. The SMILES string of the molecule is Cc1nc(CN2CCN(C3CCOC3=O)CC2)cs1. The number of thiazole rings is 1. The van der Waals surface area contributed by atoms with E-state index in [1.165, 1.54) is 0 Å². The average Bonchev–Trinajstić information content (AvgIpc) is 3.00. The van der Waals surface area contributed by atoms with Crippen LogP contribution < -0.4 is 0 Å². The minimum absolute atomic E-state index is 0.00340. The third-order valence-corrected chi connectivity index (χ3v) is 4.63. The minimum Gasteiger partial charge on any atom is -0.464 e. The number of hydrogen-bond donors (Lipinski definition) is 0. The van der Waals surface area contributed by atoms with Gasteiger partial charge in [0.05, 0.1) is 17.3 Å². The fraction of sp³-hybridized carbons (Fsp3) is 0.692. The van der Waals surface area contributed by atoms with E-state index < -0.39 is 0 Å². The van der Waals surface area contributed by atoms with Crippen LogP contribution in [0.15, 0.2) is 5.38 Å². The maximum absolute atomic E-state index is 11.6. The number of piperazine rings is 1. The lowest BCUT2D eigenvalue weighted by atomic mass is 10.2. The van der Waals surface area contributed by atoms with Crippen LogP contribution in [0, 0.1) is 6.92 Å². The molecule has 0 amide bonds. The number of ether oxygens (including phenoxy) is 1. The van der Waals surface area contributed by atoms with E-state index in [-0.39, 0.29) is 12.0 Å². The van der Waals surface area contributed by atoms with Gasteiger partial charge < -0.3 is 4.74 Å². The molecule has 104 valence electrons. The summed E-state index contributed by atoms with van der Waals surface area (Å²) in [6.07, 6.45) is 0.851. The van der Waals surface area contributed by atoms with Gasteiger partial charge in [0.15, 0.2) is 0 Å². The van der Waals surface area contributed by atoms with Gasteiger partial charge in [0.25, 0.3) is 0 Å². The summed E-state index contributed by atoms with van der Waals surface area (Å²) in [5.41, 5.74) is 1.16. The third kappa shape index (κ3) is 2.96. The Kier molecular flexibility index (Phi) is 3.81. The van der Waals surface area contributed by atoms with Crippen LogP contribution >= 0.6 is 11.3 Å². The van der Waals surface area contributed by atoms with E-state index in [1.807, 2.05) is 6.92 Å². The minimum atomic E-state index is -0.0384. The summed E-state index contributed by atoms with van der Waals surface area (Å²) in [6.45, 7) is 7.44. The van der Waals surface area contributed by atoms with E-state index in [1.54, 1.807) is 11.3 Å². The smallest absolute Gasteiger partial charge is 0.323 e. The summed E-state index contributed by atoms with van der Waals surface area (Å²) in [6, 6.07) is 0.00340. The summed E-state index contributed by atoms with van der Waals surface area (Å²) in [5, 5.41) is 3.26. The van der Waals surface area contributed by atoms with Crippen molar-refractivity contribution in [2.45, 2.75) is 25.9 Å². The summed E-state index contributed by atoms with van der Waals surface area (Å²) in [5.74, 6) is -0.0384. The first-order valence-electron chi connectivity index (χ1n) is 6.76. The van der Waals surface area contributed by atoms with E-state index in [0.717, 1.165) is 49.8 Å². The zero-order valence-electron chi connectivity index (χ0n) is 11.2. The normalized spacial score (nSPS) is 25.7.